The topological polar surface area (TPSA) is 198 Å². The smallest absolute Gasteiger partial charge is 0.407 e. The largest absolute Gasteiger partial charge is 0.458 e. The van der Waals surface area contributed by atoms with Gasteiger partial charge in [-0.05, 0) is 64.4 Å². The predicted molar refractivity (Wildman–Crippen MR) is 185 cm³/mol. The first kappa shape index (κ1) is 41.7. The van der Waals surface area contributed by atoms with Crippen molar-refractivity contribution < 1.29 is 43.0 Å². The zero-order chi connectivity index (χ0) is 37.4. The van der Waals surface area contributed by atoms with E-state index in [2.05, 4.69) is 26.6 Å². The Morgan fingerprint density at radius 2 is 1.48 bits per heavy atom. The maximum Gasteiger partial charge on any atom is 0.407 e. The average molecular weight is 702 g/mol. The van der Waals surface area contributed by atoms with E-state index in [4.69, 9.17) is 9.47 Å². The molecule has 1 aromatic carbocycles. The summed E-state index contributed by atoms with van der Waals surface area (Å²) in [6.45, 7) is 11.6. The number of amides is 5. The number of hydrogen-bond donors (Lipinski definition) is 5. The fraction of sp³-hybridized carbons (Fsp3) is 0.639. The number of hydrogen-bond acceptors (Lipinski definition) is 9. The lowest BCUT2D eigenvalue weighted by Gasteiger charge is -2.30. The fourth-order valence-electron chi connectivity index (χ4n) is 5.40. The molecule has 1 aliphatic carbocycles. The van der Waals surface area contributed by atoms with E-state index in [-0.39, 0.29) is 24.9 Å². The minimum atomic E-state index is -1.23. The Morgan fingerprint density at radius 3 is 2.06 bits per heavy atom. The highest BCUT2D eigenvalue weighted by Gasteiger charge is 2.34. The highest BCUT2D eigenvalue weighted by Crippen LogP contribution is 2.27. The Bertz CT molecular complexity index is 1320. The number of esters is 1. The molecule has 14 nitrogen and oxygen atoms in total. The number of ether oxygens (including phenoxy) is 2. The van der Waals surface area contributed by atoms with Gasteiger partial charge in [0.05, 0.1) is 19.2 Å². The van der Waals surface area contributed by atoms with Crippen molar-refractivity contribution in [3.63, 3.8) is 0 Å². The Hall–Kier alpha value is -4.49. The summed E-state index contributed by atoms with van der Waals surface area (Å²) in [5.41, 5.74) is -0.347. The number of ketones is 1. The molecule has 5 N–H and O–H groups in total. The summed E-state index contributed by atoms with van der Waals surface area (Å²) in [6.07, 6.45) is 4.17. The van der Waals surface area contributed by atoms with Crippen molar-refractivity contribution in [2.75, 3.05) is 13.2 Å². The molecule has 0 saturated heterocycles. The molecular weight excluding hydrogens is 646 g/mol. The molecule has 278 valence electrons. The Kier molecular flexibility index (Phi) is 16.9. The maximum atomic E-state index is 13.4. The molecule has 1 fully saturated rings. The fourth-order valence-corrected chi connectivity index (χ4v) is 5.40. The molecule has 0 bridgehead atoms. The minimum absolute atomic E-state index is 0.112. The van der Waals surface area contributed by atoms with Crippen molar-refractivity contribution in [2.45, 2.75) is 123 Å². The van der Waals surface area contributed by atoms with Gasteiger partial charge in [-0.3, -0.25) is 24.0 Å². The van der Waals surface area contributed by atoms with Gasteiger partial charge in [-0.25, -0.2) is 9.59 Å². The highest BCUT2D eigenvalue weighted by molar-refractivity contribution is 6.38. The molecule has 2 rings (SSSR count). The summed E-state index contributed by atoms with van der Waals surface area (Å²) in [7, 11) is 0. The second kappa shape index (κ2) is 20.2. The van der Waals surface area contributed by atoms with Gasteiger partial charge >= 0.3 is 12.1 Å². The van der Waals surface area contributed by atoms with Crippen molar-refractivity contribution in [1.29, 1.82) is 0 Å². The van der Waals surface area contributed by atoms with Crippen LogP contribution in [0.2, 0.25) is 0 Å². The number of carbonyl (C=O) groups excluding carboxylic acids is 7. The van der Waals surface area contributed by atoms with E-state index in [1.807, 2.05) is 13.8 Å². The minimum Gasteiger partial charge on any atom is -0.458 e. The van der Waals surface area contributed by atoms with E-state index in [0.29, 0.717) is 12.0 Å². The molecule has 4 atom stereocenters. The molecule has 0 heterocycles. The predicted octanol–water partition coefficient (Wildman–Crippen LogP) is 2.99. The zero-order valence-electron chi connectivity index (χ0n) is 30.4. The number of Topliss-reactive ketones (excluding diaryl/α,β-unsaturated/α-hetero) is 1. The van der Waals surface area contributed by atoms with Crippen LogP contribution in [0.5, 0.6) is 0 Å². The molecular formula is C36H55N5O9. The van der Waals surface area contributed by atoms with Crippen LogP contribution in [0.1, 0.15) is 105 Å². The molecule has 5 amide bonds. The number of nitrogens with one attached hydrogen (secondary N) is 5. The van der Waals surface area contributed by atoms with Gasteiger partial charge < -0.3 is 36.1 Å². The normalized spacial score (nSPS) is 15.8. The summed E-state index contributed by atoms with van der Waals surface area (Å²) in [5, 5.41) is 12.6. The van der Waals surface area contributed by atoms with Gasteiger partial charge in [0.1, 0.15) is 17.7 Å². The van der Waals surface area contributed by atoms with Crippen LogP contribution < -0.4 is 26.6 Å². The van der Waals surface area contributed by atoms with Crippen molar-refractivity contribution in [3.05, 3.63) is 35.9 Å². The summed E-state index contributed by atoms with van der Waals surface area (Å²) >= 11 is 0. The van der Waals surface area contributed by atoms with Crippen LogP contribution in [0, 0.1) is 11.8 Å². The first-order valence-electron chi connectivity index (χ1n) is 17.5. The molecule has 50 heavy (non-hydrogen) atoms. The van der Waals surface area contributed by atoms with Crippen molar-refractivity contribution in [2.24, 2.45) is 11.8 Å². The van der Waals surface area contributed by atoms with Crippen molar-refractivity contribution in [3.8, 4) is 0 Å². The third kappa shape index (κ3) is 14.6. The number of rotatable bonds is 17. The number of benzene rings is 1. The monoisotopic (exact) mass is 701 g/mol. The van der Waals surface area contributed by atoms with E-state index in [9.17, 15) is 33.6 Å². The molecule has 1 saturated carbocycles. The highest BCUT2D eigenvalue weighted by atomic mass is 16.6. The molecule has 1 unspecified atom stereocenters. The van der Waals surface area contributed by atoms with Gasteiger partial charge in [0.2, 0.25) is 23.5 Å². The van der Waals surface area contributed by atoms with Gasteiger partial charge in [0.15, 0.2) is 6.04 Å². The van der Waals surface area contributed by atoms with Crippen molar-refractivity contribution >= 4 is 41.5 Å². The summed E-state index contributed by atoms with van der Waals surface area (Å²) in [4.78, 5) is 90.6. The maximum absolute atomic E-state index is 13.4. The Labute approximate surface area is 294 Å². The molecule has 0 radical (unpaired) electrons. The SMILES string of the molecule is CCCC(NC(=O)[C@H](C)NC(=O)[C@@H](NC(=O)OCC(C)C)C1CCCCC1)C(=O)C(=O)NCC(=O)N[C@H](C(=O)OC(C)(C)C)c1ccccc1. The third-order valence-electron chi connectivity index (χ3n) is 7.90. The zero-order valence-corrected chi connectivity index (χ0v) is 30.4. The van der Waals surface area contributed by atoms with Crippen molar-refractivity contribution in [1.82, 2.24) is 26.6 Å². The van der Waals surface area contributed by atoms with Crippen LogP contribution in [0.15, 0.2) is 30.3 Å². The summed E-state index contributed by atoms with van der Waals surface area (Å²) in [6, 6.07) is 4.04. The first-order chi connectivity index (χ1) is 23.5. The van der Waals surface area contributed by atoms with Gasteiger partial charge in [-0.15, -0.1) is 0 Å². The van der Waals surface area contributed by atoms with E-state index in [1.165, 1.54) is 6.92 Å². The van der Waals surface area contributed by atoms with E-state index >= 15 is 0 Å². The molecule has 0 aromatic heterocycles. The molecule has 0 aliphatic heterocycles. The number of alkyl carbamates (subject to hydrolysis) is 1. The van der Waals surface area contributed by atoms with Gasteiger partial charge in [0.25, 0.3) is 5.91 Å². The van der Waals surface area contributed by atoms with Crippen LogP contribution >= 0.6 is 0 Å². The van der Waals surface area contributed by atoms with Crippen LogP contribution in [0.4, 0.5) is 4.79 Å². The van der Waals surface area contributed by atoms with Crippen LogP contribution in [0.25, 0.3) is 0 Å². The standard InChI is InChI=1S/C36H55N5O9/c1-8-15-26(30(43)33(46)37-20-27(42)40-29(25-18-13-10-14-19-25)34(47)50-36(5,6)7)39-31(44)23(4)38-32(45)28(24-16-11-9-12-17-24)41-35(48)49-21-22(2)3/h10,13-14,18-19,22-24,26,28-29H,8-9,11-12,15-17,20-21H2,1-7H3,(H,37,46)(H,38,45)(H,39,44)(H,40,42)(H,41,48)/t23-,26?,28-,29-/m0/s1. The second-order valence-corrected chi connectivity index (χ2v) is 14.1. The Morgan fingerprint density at radius 1 is 0.840 bits per heavy atom. The van der Waals surface area contributed by atoms with Crippen LogP contribution in [-0.2, 0) is 38.2 Å². The number of carbonyl (C=O) groups is 7. The van der Waals surface area contributed by atoms with E-state index in [0.717, 1.165) is 32.1 Å². The quantitative estimate of drug-likeness (QED) is 0.120. The average Bonchev–Trinajstić information content (AvgIpc) is 3.06. The van der Waals surface area contributed by atoms with Crippen LogP contribution in [-0.4, -0.2) is 78.4 Å². The third-order valence-corrected chi connectivity index (χ3v) is 7.90. The summed E-state index contributed by atoms with van der Waals surface area (Å²) < 4.78 is 10.7. The second-order valence-electron chi connectivity index (χ2n) is 14.1. The van der Waals surface area contributed by atoms with E-state index < -0.39 is 77.8 Å². The van der Waals surface area contributed by atoms with Gasteiger partial charge in [0, 0.05) is 0 Å². The lowest BCUT2D eigenvalue weighted by molar-refractivity contribution is -0.158. The molecule has 1 aromatic rings. The van der Waals surface area contributed by atoms with Crippen LogP contribution in [0.3, 0.4) is 0 Å². The molecule has 0 spiro atoms. The Balaban J connectivity index is 2.01. The van der Waals surface area contributed by atoms with Gasteiger partial charge in [-0.2, -0.15) is 0 Å². The molecule has 14 heteroatoms. The summed E-state index contributed by atoms with van der Waals surface area (Å²) in [5.74, 6) is -4.80. The lowest BCUT2D eigenvalue weighted by atomic mass is 9.83. The lowest BCUT2D eigenvalue weighted by Crippen LogP contribution is -2.57. The van der Waals surface area contributed by atoms with E-state index in [1.54, 1.807) is 58.0 Å². The first-order valence-corrected chi connectivity index (χ1v) is 17.5. The molecule has 1 aliphatic rings. The van der Waals surface area contributed by atoms with Gasteiger partial charge in [-0.1, -0.05) is 76.8 Å².